The third kappa shape index (κ3) is 4.61. The molecule has 0 saturated heterocycles. The van der Waals surface area contributed by atoms with Gasteiger partial charge >= 0.3 is 0 Å². The average molecular weight is 235 g/mol. The van der Waals surface area contributed by atoms with Gasteiger partial charge in [0, 0.05) is 19.4 Å². The zero-order chi connectivity index (χ0) is 11.5. The minimum Gasteiger partial charge on any atom is -0.396 e. The van der Waals surface area contributed by atoms with Gasteiger partial charge in [-0.2, -0.15) is 0 Å². The van der Waals surface area contributed by atoms with Crippen molar-refractivity contribution in [1.82, 2.24) is 5.32 Å². The Morgan fingerprint density at radius 1 is 1.47 bits per heavy atom. The van der Waals surface area contributed by atoms with E-state index in [9.17, 15) is 13.2 Å². The number of nitrogens with one attached hydrogen (secondary N) is 1. The van der Waals surface area contributed by atoms with E-state index >= 15 is 0 Å². The van der Waals surface area contributed by atoms with Crippen LogP contribution in [-0.4, -0.2) is 44.6 Å². The van der Waals surface area contributed by atoms with Crippen molar-refractivity contribution in [1.29, 1.82) is 0 Å². The SMILES string of the molecule is CS(=O)(=O)CC(=O)NCC1(CCO)CC1. The summed E-state index contributed by atoms with van der Waals surface area (Å²) in [6, 6.07) is 0. The topological polar surface area (TPSA) is 83.5 Å². The van der Waals surface area contributed by atoms with Crippen molar-refractivity contribution in [3.8, 4) is 0 Å². The Hall–Kier alpha value is -0.620. The van der Waals surface area contributed by atoms with Crippen molar-refractivity contribution in [2.45, 2.75) is 19.3 Å². The van der Waals surface area contributed by atoms with E-state index < -0.39 is 21.5 Å². The maximum Gasteiger partial charge on any atom is 0.235 e. The van der Waals surface area contributed by atoms with Crippen molar-refractivity contribution in [2.24, 2.45) is 5.41 Å². The van der Waals surface area contributed by atoms with Gasteiger partial charge in [0.05, 0.1) is 0 Å². The second-order valence-corrected chi connectivity index (χ2v) is 6.46. The molecule has 0 spiro atoms. The smallest absolute Gasteiger partial charge is 0.235 e. The lowest BCUT2D eigenvalue weighted by Gasteiger charge is -2.13. The Morgan fingerprint density at radius 3 is 2.47 bits per heavy atom. The molecule has 0 aromatic carbocycles. The van der Waals surface area contributed by atoms with Crippen molar-refractivity contribution in [2.75, 3.05) is 25.2 Å². The fourth-order valence-electron chi connectivity index (χ4n) is 1.50. The van der Waals surface area contributed by atoms with Crippen molar-refractivity contribution in [3.05, 3.63) is 0 Å². The molecule has 15 heavy (non-hydrogen) atoms. The van der Waals surface area contributed by atoms with Crippen molar-refractivity contribution in [3.63, 3.8) is 0 Å². The molecule has 0 radical (unpaired) electrons. The lowest BCUT2D eigenvalue weighted by Crippen LogP contribution is -2.34. The fourth-order valence-corrected chi connectivity index (χ4v) is 2.08. The van der Waals surface area contributed by atoms with Gasteiger partial charge < -0.3 is 10.4 Å². The molecule has 6 heteroatoms. The van der Waals surface area contributed by atoms with E-state index in [-0.39, 0.29) is 12.0 Å². The number of hydrogen-bond donors (Lipinski definition) is 2. The summed E-state index contributed by atoms with van der Waals surface area (Å²) in [5.74, 6) is -0.913. The van der Waals surface area contributed by atoms with Gasteiger partial charge in [0.1, 0.15) is 5.75 Å². The number of rotatable bonds is 6. The number of sulfone groups is 1. The van der Waals surface area contributed by atoms with Crippen LogP contribution in [-0.2, 0) is 14.6 Å². The number of aliphatic hydroxyl groups excluding tert-OH is 1. The van der Waals surface area contributed by atoms with Crippen LogP contribution in [0.15, 0.2) is 0 Å². The van der Waals surface area contributed by atoms with Gasteiger partial charge in [-0.15, -0.1) is 0 Å². The summed E-state index contributed by atoms with van der Waals surface area (Å²) in [6.07, 6.45) is 3.69. The predicted octanol–water partition coefficient (Wildman–Crippen LogP) is -0.690. The van der Waals surface area contributed by atoms with Crippen LogP contribution >= 0.6 is 0 Å². The summed E-state index contributed by atoms with van der Waals surface area (Å²) >= 11 is 0. The molecule has 0 aromatic heterocycles. The first-order valence-electron chi connectivity index (χ1n) is 4.92. The van der Waals surface area contributed by atoms with Gasteiger partial charge in [0.25, 0.3) is 0 Å². The number of hydrogen-bond acceptors (Lipinski definition) is 4. The number of carbonyl (C=O) groups excluding carboxylic acids is 1. The number of aliphatic hydroxyl groups is 1. The average Bonchev–Trinajstić information content (AvgIpc) is 2.80. The van der Waals surface area contributed by atoms with Crippen LogP contribution < -0.4 is 5.32 Å². The molecule has 2 N–H and O–H groups in total. The fraction of sp³-hybridized carbons (Fsp3) is 0.889. The Labute approximate surface area is 89.8 Å². The summed E-state index contributed by atoms with van der Waals surface area (Å²) < 4.78 is 21.6. The normalized spacial score (nSPS) is 18.5. The van der Waals surface area contributed by atoms with Crippen LogP contribution in [0.3, 0.4) is 0 Å². The molecule has 0 heterocycles. The molecule has 1 amide bonds. The number of carbonyl (C=O) groups is 1. The quantitative estimate of drug-likeness (QED) is 0.638. The van der Waals surface area contributed by atoms with Crippen LogP contribution in [0.2, 0.25) is 0 Å². The van der Waals surface area contributed by atoms with Gasteiger partial charge in [0.2, 0.25) is 5.91 Å². The van der Waals surface area contributed by atoms with E-state index in [0.29, 0.717) is 13.0 Å². The highest BCUT2D eigenvalue weighted by Crippen LogP contribution is 2.47. The molecule has 0 unspecified atom stereocenters. The third-order valence-corrected chi connectivity index (χ3v) is 3.44. The Balaban J connectivity index is 2.29. The molecule has 0 aliphatic heterocycles. The van der Waals surface area contributed by atoms with E-state index in [0.717, 1.165) is 19.1 Å². The lowest BCUT2D eigenvalue weighted by atomic mass is 10.0. The zero-order valence-corrected chi connectivity index (χ0v) is 9.64. The highest BCUT2D eigenvalue weighted by molar-refractivity contribution is 7.91. The van der Waals surface area contributed by atoms with Gasteiger partial charge in [-0.3, -0.25) is 4.79 Å². The first kappa shape index (κ1) is 12.4. The molecule has 1 fully saturated rings. The Morgan fingerprint density at radius 2 is 2.07 bits per heavy atom. The molecule has 1 rings (SSSR count). The third-order valence-electron chi connectivity index (χ3n) is 2.65. The molecular formula is C9H17NO4S. The van der Waals surface area contributed by atoms with Gasteiger partial charge in [0.15, 0.2) is 9.84 Å². The van der Waals surface area contributed by atoms with Gasteiger partial charge in [-0.1, -0.05) is 0 Å². The van der Waals surface area contributed by atoms with Crippen LogP contribution in [0, 0.1) is 5.41 Å². The minimum absolute atomic E-state index is 0.0297. The summed E-state index contributed by atoms with van der Waals surface area (Å²) in [5.41, 5.74) is 0.0297. The van der Waals surface area contributed by atoms with E-state index in [1.165, 1.54) is 0 Å². The van der Waals surface area contributed by atoms with Crippen LogP contribution in [0.4, 0.5) is 0 Å². The summed E-state index contributed by atoms with van der Waals surface area (Å²) in [7, 11) is -3.24. The first-order chi connectivity index (χ1) is 6.87. The Bertz CT molecular complexity index is 332. The van der Waals surface area contributed by atoms with Crippen molar-refractivity contribution < 1.29 is 18.3 Å². The van der Waals surface area contributed by atoms with Crippen LogP contribution in [0.1, 0.15) is 19.3 Å². The maximum absolute atomic E-state index is 11.2. The highest BCUT2D eigenvalue weighted by atomic mass is 32.2. The summed E-state index contributed by atoms with van der Waals surface area (Å²) in [5, 5.41) is 11.4. The monoisotopic (exact) mass is 235 g/mol. The molecule has 0 aromatic rings. The first-order valence-corrected chi connectivity index (χ1v) is 6.98. The Kier molecular flexibility index (Phi) is 3.72. The highest BCUT2D eigenvalue weighted by Gasteiger charge is 2.41. The summed E-state index contributed by atoms with van der Waals surface area (Å²) in [6.45, 7) is 0.587. The van der Waals surface area contributed by atoms with Crippen LogP contribution in [0.5, 0.6) is 0 Å². The number of amides is 1. The van der Waals surface area contributed by atoms with Gasteiger partial charge in [-0.05, 0) is 24.7 Å². The molecule has 0 bridgehead atoms. The minimum atomic E-state index is -3.24. The van der Waals surface area contributed by atoms with E-state index in [2.05, 4.69) is 5.32 Å². The van der Waals surface area contributed by atoms with Gasteiger partial charge in [-0.25, -0.2) is 8.42 Å². The lowest BCUT2D eigenvalue weighted by molar-refractivity contribution is -0.118. The molecule has 88 valence electrons. The second-order valence-electron chi connectivity index (χ2n) is 4.32. The largest absolute Gasteiger partial charge is 0.396 e. The predicted molar refractivity (Wildman–Crippen MR) is 56.1 cm³/mol. The van der Waals surface area contributed by atoms with Crippen LogP contribution in [0.25, 0.3) is 0 Å². The summed E-state index contributed by atoms with van der Waals surface area (Å²) in [4.78, 5) is 11.2. The van der Waals surface area contributed by atoms with E-state index in [1.54, 1.807) is 0 Å². The second kappa shape index (κ2) is 4.49. The molecule has 0 atom stereocenters. The molecular weight excluding hydrogens is 218 g/mol. The molecule has 1 saturated carbocycles. The standard InChI is InChI=1S/C9H17NO4S/c1-15(13,14)6-8(12)10-7-9(2-3-9)4-5-11/h11H,2-7H2,1H3,(H,10,12). The zero-order valence-electron chi connectivity index (χ0n) is 8.82. The molecule has 1 aliphatic carbocycles. The molecule has 5 nitrogen and oxygen atoms in total. The maximum atomic E-state index is 11.2. The van der Waals surface area contributed by atoms with Crippen molar-refractivity contribution >= 4 is 15.7 Å². The molecule has 1 aliphatic rings. The van der Waals surface area contributed by atoms with E-state index in [1.807, 2.05) is 0 Å². The van der Waals surface area contributed by atoms with E-state index in [4.69, 9.17) is 5.11 Å².